The second kappa shape index (κ2) is 5.92. The van der Waals surface area contributed by atoms with E-state index < -0.39 is 29.4 Å². The first-order valence-corrected chi connectivity index (χ1v) is 5.29. The highest BCUT2D eigenvalue weighted by Crippen LogP contribution is 2.20. The van der Waals surface area contributed by atoms with Crippen LogP contribution in [0.15, 0.2) is 24.3 Å². The maximum absolute atomic E-state index is 13.4. The van der Waals surface area contributed by atoms with Crippen LogP contribution in [0.3, 0.4) is 0 Å². The molecule has 0 aliphatic rings. The number of ketones is 1. The highest BCUT2D eigenvalue weighted by molar-refractivity contribution is 6.00. The topological polar surface area (TPSA) is 67.2 Å². The minimum atomic E-state index is -1.23. The van der Waals surface area contributed by atoms with Gasteiger partial charge in [-0.2, -0.15) is 5.26 Å². The average molecular weight is 249 g/mol. The SMILES string of the molecule is COC(=O)[C@@H](C#N)[C@@H](C)C(=O)c1ccccc1F. The Kier molecular flexibility index (Phi) is 4.55. The van der Waals surface area contributed by atoms with Crippen LogP contribution in [0.1, 0.15) is 17.3 Å². The number of hydrogen-bond donors (Lipinski definition) is 0. The Morgan fingerprint density at radius 2 is 2.00 bits per heavy atom. The molecule has 2 atom stereocenters. The van der Waals surface area contributed by atoms with Gasteiger partial charge in [-0.15, -0.1) is 0 Å². The van der Waals surface area contributed by atoms with Crippen LogP contribution in [0, 0.1) is 29.0 Å². The zero-order valence-corrected chi connectivity index (χ0v) is 10.0. The molecule has 0 fully saturated rings. The van der Waals surface area contributed by atoms with Crippen molar-refractivity contribution in [1.82, 2.24) is 0 Å². The smallest absolute Gasteiger partial charge is 0.323 e. The number of halogens is 1. The van der Waals surface area contributed by atoms with Crippen molar-refractivity contribution in [1.29, 1.82) is 5.26 Å². The summed E-state index contributed by atoms with van der Waals surface area (Å²) in [6, 6.07) is 7.15. The summed E-state index contributed by atoms with van der Waals surface area (Å²) in [5, 5.41) is 8.87. The fourth-order valence-corrected chi connectivity index (χ4v) is 1.55. The van der Waals surface area contributed by atoms with Gasteiger partial charge in [0.15, 0.2) is 11.7 Å². The molecule has 1 rings (SSSR count). The van der Waals surface area contributed by atoms with Gasteiger partial charge in [0, 0.05) is 5.92 Å². The number of methoxy groups -OCH3 is 1. The Hall–Kier alpha value is -2.22. The minimum Gasteiger partial charge on any atom is -0.468 e. The molecule has 0 heterocycles. The average Bonchev–Trinajstić information content (AvgIpc) is 2.38. The van der Waals surface area contributed by atoms with Crippen molar-refractivity contribution in [2.75, 3.05) is 7.11 Å². The summed E-state index contributed by atoms with van der Waals surface area (Å²) >= 11 is 0. The van der Waals surface area contributed by atoms with Crippen LogP contribution in [0.4, 0.5) is 4.39 Å². The summed E-state index contributed by atoms with van der Waals surface area (Å²) in [6.45, 7) is 1.40. The molecule has 0 aliphatic heterocycles. The molecule has 0 amide bonds. The molecule has 94 valence electrons. The van der Waals surface area contributed by atoms with Gasteiger partial charge in [-0.1, -0.05) is 19.1 Å². The second-order valence-corrected chi connectivity index (χ2v) is 3.76. The third-order valence-electron chi connectivity index (χ3n) is 2.65. The molecule has 1 aromatic carbocycles. The van der Waals surface area contributed by atoms with Gasteiger partial charge in [0.25, 0.3) is 0 Å². The van der Waals surface area contributed by atoms with Crippen molar-refractivity contribution < 1.29 is 18.7 Å². The van der Waals surface area contributed by atoms with Gasteiger partial charge in [0.2, 0.25) is 0 Å². The molecule has 5 heteroatoms. The van der Waals surface area contributed by atoms with Gasteiger partial charge < -0.3 is 4.74 Å². The van der Waals surface area contributed by atoms with Gasteiger partial charge in [0.1, 0.15) is 5.82 Å². The maximum atomic E-state index is 13.4. The Bertz CT molecular complexity index is 507. The Morgan fingerprint density at radius 3 is 2.50 bits per heavy atom. The zero-order valence-electron chi connectivity index (χ0n) is 10.0. The zero-order chi connectivity index (χ0) is 13.7. The van der Waals surface area contributed by atoms with Crippen LogP contribution in [0.2, 0.25) is 0 Å². The molecular weight excluding hydrogens is 237 g/mol. The molecule has 0 saturated carbocycles. The second-order valence-electron chi connectivity index (χ2n) is 3.76. The number of hydrogen-bond acceptors (Lipinski definition) is 4. The van der Waals surface area contributed by atoms with Crippen LogP contribution in [-0.2, 0) is 9.53 Å². The van der Waals surface area contributed by atoms with Gasteiger partial charge in [-0.3, -0.25) is 9.59 Å². The van der Waals surface area contributed by atoms with Crippen LogP contribution in [0.25, 0.3) is 0 Å². The largest absolute Gasteiger partial charge is 0.468 e. The lowest BCUT2D eigenvalue weighted by Crippen LogP contribution is -2.28. The van der Waals surface area contributed by atoms with E-state index in [0.29, 0.717) is 0 Å². The molecule has 0 aromatic heterocycles. The van der Waals surface area contributed by atoms with Crippen LogP contribution in [0.5, 0.6) is 0 Å². The van der Waals surface area contributed by atoms with E-state index in [-0.39, 0.29) is 5.56 Å². The Morgan fingerprint density at radius 1 is 1.39 bits per heavy atom. The molecule has 0 radical (unpaired) electrons. The molecule has 1 aromatic rings. The summed E-state index contributed by atoms with van der Waals surface area (Å²) < 4.78 is 17.9. The fraction of sp³-hybridized carbons (Fsp3) is 0.308. The Labute approximate surface area is 104 Å². The molecule has 0 aliphatic carbocycles. The lowest BCUT2D eigenvalue weighted by atomic mass is 9.88. The number of benzene rings is 1. The number of nitriles is 1. The van der Waals surface area contributed by atoms with E-state index in [4.69, 9.17) is 5.26 Å². The van der Waals surface area contributed by atoms with Crippen molar-refractivity contribution in [2.24, 2.45) is 11.8 Å². The molecule has 0 saturated heterocycles. The third-order valence-corrected chi connectivity index (χ3v) is 2.65. The molecule has 0 bridgehead atoms. The number of nitrogens with zero attached hydrogens (tertiary/aromatic N) is 1. The van der Waals surface area contributed by atoms with E-state index in [0.717, 1.165) is 13.2 Å². The number of Topliss-reactive ketones (excluding diaryl/α,β-unsaturated/α-hetero) is 1. The predicted octanol–water partition coefficient (Wildman–Crippen LogP) is 1.96. The first-order chi connectivity index (χ1) is 8.52. The predicted molar refractivity (Wildman–Crippen MR) is 61.0 cm³/mol. The van der Waals surface area contributed by atoms with Gasteiger partial charge in [0.05, 0.1) is 18.7 Å². The van der Waals surface area contributed by atoms with Gasteiger partial charge in [-0.05, 0) is 12.1 Å². The van der Waals surface area contributed by atoms with Crippen molar-refractivity contribution >= 4 is 11.8 Å². The minimum absolute atomic E-state index is 0.130. The summed E-state index contributed by atoms with van der Waals surface area (Å²) in [7, 11) is 1.13. The van der Waals surface area contributed by atoms with E-state index >= 15 is 0 Å². The number of rotatable bonds is 4. The van der Waals surface area contributed by atoms with Crippen LogP contribution >= 0.6 is 0 Å². The molecular formula is C13H12FNO3. The van der Waals surface area contributed by atoms with Gasteiger partial charge >= 0.3 is 5.97 Å². The monoisotopic (exact) mass is 249 g/mol. The van der Waals surface area contributed by atoms with Gasteiger partial charge in [-0.25, -0.2) is 4.39 Å². The molecule has 0 N–H and O–H groups in total. The summed E-state index contributed by atoms with van der Waals surface area (Å²) in [5.41, 5.74) is -0.130. The normalized spacial score (nSPS) is 13.2. The highest BCUT2D eigenvalue weighted by atomic mass is 19.1. The van der Waals surface area contributed by atoms with Crippen molar-refractivity contribution in [3.63, 3.8) is 0 Å². The van der Waals surface area contributed by atoms with E-state index in [1.54, 1.807) is 6.07 Å². The number of carbonyl (C=O) groups excluding carboxylic acids is 2. The van der Waals surface area contributed by atoms with E-state index in [1.165, 1.54) is 25.1 Å². The van der Waals surface area contributed by atoms with Crippen LogP contribution in [-0.4, -0.2) is 18.9 Å². The number of esters is 1. The van der Waals surface area contributed by atoms with Crippen LogP contribution < -0.4 is 0 Å². The number of carbonyl (C=O) groups is 2. The van der Waals surface area contributed by atoms with E-state index in [9.17, 15) is 14.0 Å². The van der Waals surface area contributed by atoms with E-state index in [2.05, 4.69) is 4.74 Å². The number of ether oxygens (including phenoxy) is 1. The van der Waals surface area contributed by atoms with Crippen molar-refractivity contribution in [2.45, 2.75) is 6.92 Å². The van der Waals surface area contributed by atoms with Crippen molar-refractivity contribution in [3.8, 4) is 6.07 Å². The standard InChI is InChI=1S/C13H12FNO3/c1-8(10(7-15)13(17)18-2)12(16)9-5-3-4-6-11(9)14/h3-6,8,10H,1-2H3/t8-,10+/m1/s1. The molecule has 0 spiro atoms. The molecule has 4 nitrogen and oxygen atoms in total. The van der Waals surface area contributed by atoms with Crippen molar-refractivity contribution in [3.05, 3.63) is 35.6 Å². The quantitative estimate of drug-likeness (QED) is 0.604. The lowest BCUT2D eigenvalue weighted by Gasteiger charge is -2.14. The third kappa shape index (κ3) is 2.72. The summed E-state index contributed by atoms with van der Waals surface area (Å²) in [5.74, 6) is -4.25. The maximum Gasteiger partial charge on any atom is 0.323 e. The Balaban J connectivity index is 3.01. The molecule has 18 heavy (non-hydrogen) atoms. The fourth-order valence-electron chi connectivity index (χ4n) is 1.55. The molecule has 0 unspecified atom stereocenters. The first kappa shape index (κ1) is 13.8. The lowest BCUT2D eigenvalue weighted by molar-refractivity contribution is -0.144. The van der Waals surface area contributed by atoms with E-state index in [1.807, 2.05) is 0 Å². The summed E-state index contributed by atoms with van der Waals surface area (Å²) in [4.78, 5) is 23.3. The first-order valence-electron chi connectivity index (χ1n) is 5.29. The summed E-state index contributed by atoms with van der Waals surface area (Å²) in [6.07, 6.45) is 0. The highest BCUT2D eigenvalue weighted by Gasteiger charge is 2.32.